The summed E-state index contributed by atoms with van der Waals surface area (Å²) in [6, 6.07) is 7.94. The van der Waals surface area contributed by atoms with Crippen molar-refractivity contribution in [3.05, 3.63) is 30.3 Å². The summed E-state index contributed by atoms with van der Waals surface area (Å²) >= 11 is 0. The molecule has 28 heavy (non-hydrogen) atoms. The number of hydrogen-bond acceptors (Lipinski definition) is 8. The van der Waals surface area contributed by atoms with Gasteiger partial charge in [-0.15, -0.1) is 0 Å². The van der Waals surface area contributed by atoms with Crippen molar-refractivity contribution in [3.8, 4) is 0 Å². The fourth-order valence-corrected chi connectivity index (χ4v) is 2.81. The van der Waals surface area contributed by atoms with Crippen molar-refractivity contribution in [2.45, 2.75) is 4.90 Å². The van der Waals surface area contributed by atoms with E-state index in [2.05, 4.69) is 0 Å². The van der Waals surface area contributed by atoms with Crippen LogP contribution in [0.5, 0.6) is 0 Å². The van der Waals surface area contributed by atoms with Crippen LogP contribution < -0.4 is 0 Å². The average molecular weight is 424 g/mol. The predicted octanol–water partition coefficient (Wildman–Crippen LogP) is 1.44. The molecule has 0 aliphatic rings. The van der Waals surface area contributed by atoms with Crippen LogP contribution in [0.1, 0.15) is 0 Å². The molecule has 0 heterocycles. The van der Waals surface area contributed by atoms with Gasteiger partial charge in [0, 0.05) is 0 Å². The molecule has 0 aliphatic heterocycles. The first kappa shape index (κ1) is 24.9. The van der Waals surface area contributed by atoms with Crippen LogP contribution in [0.3, 0.4) is 0 Å². The van der Waals surface area contributed by atoms with E-state index < -0.39 is 16.8 Å². The summed E-state index contributed by atoms with van der Waals surface area (Å²) in [5, 5.41) is 0. The molecule has 0 atom stereocenters. The Morgan fingerprint density at radius 2 is 1.00 bits per heavy atom. The summed E-state index contributed by atoms with van der Waals surface area (Å²) in [6.07, 6.45) is 0. The van der Waals surface area contributed by atoms with E-state index in [9.17, 15) is 12.8 Å². The maximum atomic E-state index is 11.8. The number of hydrogen-bond donors (Lipinski definition) is 0. The molecule has 0 unspecified atom stereocenters. The normalized spacial score (nSPS) is 11.8. The van der Waals surface area contributed by atoms with Crippen molar-refractivity contribution < 1.29 is 40.7 Å². The SMILES string of the molecule is O=S(=O)(OCCOCCOCCOCCOCCOCCF)c1ccccc1. The zero-order valence-corrected chi connectivity index (χ0v) is 16.7. The van der Waals surface area contributed by atoms with Crippen LogP contribution in [0.25, 0.3) is 0 Å². The Balaban J connectivity index is 1.82. The Labute approximate surface area is 165 Å². The van der Waals surface area contributed by atoms with Crippen molar-refractivity contribution in [1.82, 2.24) is 0 Å². The van der Waals surface area contributed by atoms with Gasteiger partial charge in [0.1, 0.15) is 6.67 Å². The maximum Gasteiger partial charge on any atom is 0.297 e. The second-order valence-corrected chi connectivity index (χ2v) is 6.96. The van der Waals surface area contributed by atoms with Crippen LogP contribution in [-0.2, 0) is 38.0 Å². The topological polar surface area (TPSA) is 89.5 Å². The standard InChI is InChI=1S/C18H29FO8S/c19-6-7-22-8-9-23-10-11-24-12-13-25-14-15-26-16-17-27-28(20,21)18-4-2-1-3-5-18/h1-5H,6-17H2. The Kier molecular flexibility index (Phi) is 14.9. The minimum absolute atomic E-state index is 0.0564. The Morgan fingerprint density at radius 3 is 1.43 bits per heavy atom. The van der Waals surface area contributed by atoms with E-state index >= 15 is 0 Å². The first-order valence-electron chi connectivity index (χ1n) is 9.06. The first-order valence-corrected chi connectivity index (χ1v) is 10.5. The third-order valence-electron chi connectivity index (χ3n) is 3.21. The van der Waals surface area contributed by atoms with Gasteiger partial charge in [-0.1, -0.05) is 18.2 Å². The third-order valence-corrected chi connectivity index (χ3v) is 4.53. The Bertz CT molecular complexity index is 570. The molecule has 162 valence electrons. The molecule has 0 fully saturated rings. The highest BCUT2D eigenvalue weighted by Gasteiger charge is 2.13. The van der Waals surface area contributed by atoms with Gasteiger partial charge in [0.15, 0.2) is 0 Å². The molecule has 1 aromatic carbocycles. The summed E-state index contributed by atoms with van der Waals surface area (Å²) in [4.78, 5) is 0.119. The lowest BCUT2D eigenvalue weighted by Gasteiger charge is -2.08. The zero-order chi connectivity index (χ0) is 20.3. The van der Waals surface area contributed by atoms with Gasteiger partial charge in [-0.25, -0.2) is 4.39 Å². The van der Waals surface area contributed by atoms with E-state index in [1.54, 1.807) is 18.2 Å². The summed E-state index contributed by atoms with van der Waals surface area (Å²) in [5.74, 6) is 0. The van der Waals surface area contributed by atoms with Crippen molar-refractivity contribution in [2.24, 2.45) is 0 Å². The number of halogens is 1. The molecule has 0 saturated carbocycles. The lowest BCUT2D eigenvalue weighted by Crippen LogP contribution is -2.15. The highest BCUT2D eigenvalue weighted by Crippen LogP contribution is 2.10. The average Bonchev–Trinajstić information content (AvgIpc) is 2.71. The quantitative estimate of drug-likeness (QED) is 0.244. The molecule has 0 N–H and O–H groups in total. The number of alkyl halides is 1. The van der Waals surface area contributed by atoms with Crippen LogP contribution in [0, 0.1) is 0 Å². The zero-order valence-electron chi connectivity index (χ0n) is 15.9. The molecule has 0 aliphatic carbocycles. The van der Waals surface area contributed by atoms with Crippen LogP contribution in [0.2, 0.25) is 0 Å². The molecule has 0 bridgehead atoms. The first-order chi connectivity index (χ1) is 13.7. The van der Waals surface area contributed by atoms with Gasteiger partial charge in [0.2, 0.25) is 0 Å². The molecule has 8 nitrogen and oxygen atoms in total. The molecular weight excluding hydrogens is 395 g/mol. The van der Waals surface area contributed by atoms with E-state index in [4.69, 9.17) is 27.9 Å². The van der Waals surface area contributed by atoms with E-state index in [0.29, 0.717) is 52.9 Å². The van der Waals surface area contributed by atoms with Crippen molar-refractivity contribution in [3.63, 3.8) is 0 Å². The monoisotopic (exact) mass is 424 g/mol. The Hall–Kier alpha value is -1.14. The number of rotatable bonds is 19. The molecule has 0 saturated heterocycles. The molecule has 1 rings (SSSR count). The smallest absolute Gasteiger partial charge is 0.297 e. The van der Waals surface area contributed by atoms with Crippen molar-refractivity contribution in [1.29, 1.82) is 0 Å². The van der Waals surface area contributed by atoms with E-state index in [0.717, 1.165) is 0 Å². The highest BCUT2D eigenvalue weighted by molar-refractivity contribution is 7.86. The van der Waals surface area contributed by atoms with Gasteiger partial charge in [0.05, 0.1) is 77.6 Å². The molecule has 10 heteroatoms. The lowest BCUT2D eigenvalue weighted by molar-refractivity contribution is -0.0131. The van der Waals surface area contributed by atoms with Crippen LogP contribution in [0.15, 0.2) is 35.2 Å². The molecular formula is C18H29FO8S. The summed E-state index contributed by atoms with van der Waals surface area (Å²) in [7, 11) is -3.74. The van der Waals surface area contributed by atoms with Crippen LogP contribution >= 0.6 is 0 Å². The molecule has 0 amide bonds. The maximum absolute atomic E-state index is 11.8. The van der Waals surface area contributed by atoms with Gasteiger partial charge < -0.3 is 23.7 Å². The second-order valence-electron chi connectivity index (χ2n) is 5.34. The second kappa shape index (κ2) is 16.8. The summed E-state index contributed by atoms with van der Waals surface area (Å²) in [5.41, 5.74) is 0. The number of ether oxygens (including phenoxy) is 5. The van der Waals surface area contributed by atoms with E-state index in [1.165, 1.54) is 12.1 Å². The van der Waals surface area contributed by atoms with Gasteiger partial charge in [-0.2, -0.15) is 8.42 Å². The molecule has 0 spiro atoms. The lowest BCUT2D eigenvalue weighted by atomic mass is 10.4. The van der Waals surface area contributed by atoms with Crippen LogP contribution in [0.4, 0.5) is 4.39 Å². The summed E-state index contributed by atoms with van der Waals surface area (Å²) in [6.45, 7) is 2.92. The van der Waals surface area contributed by atoms with Crippen molar-refractivity contribution in [2.75, 3.05) is 79.4 Å². The number of benzene rings is 1. The molecule has 0 aromatic heterocycles. The predicted molar refractivity (Wildman–Crippen MR) is 99.6 cm³/mol. The largest absolute Gasteiger partial charge is 0.377 e. The summed E-state index contributed by atoms with van der Waals surface area (Å²) < 4.78 is 66.3. The van der Waals surface area contributed by atoms with Gasteiger partial charge in [0.25, 0.3) is 10.1 Å². The third kappa shape index (κ3) is 13.1. The highest BCUT2D eigenvalue weighted by atomic mass is 32.2. The van der Waals surface area contributed by atoms with Gasteiger partial charge in [-0.3, -0.25) is 4.18 Å². The molecule has 1 aromatic rings. The van der Waals surface area contributed by atoms with Gasteiger partial charge in [-0.05, 0) is 12.1 Å². The fraction of sp³-hybridized carbons (Fsp3) is 0.667. The minimum atomic E-state index is -3.74. The fourth-order valence-electron chi connectivity index (χ4n) is 1.89. The van der Waals surface area contributed by atoms with Crippen molar-refractivity contribution >= 4 is 10.1 Å². The van der Waals surface area contributed by atoms with Crippen LogP contribution in [-0.4, -0.2) is 87.8 Å². The van der Waals surface area contributed by atoms with E-state index in [1.807, 2.05) is 0 Å². The Morgan fingerprint density at radius 1 is 0.607 bits per heavy atom. The molecule has 0 radical (unpaired) electrons. The van der Waals surface area contributed by atoms with E-state index in [-0.39, 0.29) is 24.7 Å². The van der Waals surface area contributed by atoms with Gasteiger partial charge >= 0.3 is 0 Å². The minimum Gasteiger partial charge on any atom is -0.377 e.